The molecule has 0 unspecified atom stereocenters. The second-order valence-corrected chi connectivity index (χ2v) is 5.65. The van der Waals surface area contributed by atoms with E-state index in [0.717, 1.165) is 44.9 Å². The Morgan fingerprint density at radius 3 is 2.43 bits per heavy atom. The third-order valence-electron chi connectivity index (χ3n) is 3.92. The molecule has 1 saturated carbocycles. The van der Waals surface area contributed by atoms with Gasteiger partial charge in [-0.15, -0.1) is 0 Å². The van der Waals surface area contributed by atoms with E-state index >= 15 is 0 Å². The summed E-state index contributed by atoms with van der Waals surface area (Å²) < 4.78 is 0. The molecule has 1 aliphatic carbocycles. The molecule has 2 N–H and O–H groups in total. The summed E-state index contributed by atoms with van der Waals surface area (Å²) in [6.07, 6.45) is 7.18. The van der Waals surface area contributed by atoms with Gasteiger partial charge in [-0.25, -0.2) is 0 Å². The third-order valence-corrected chi connectivity index (χ3v) is 3.92. The van der Waals surface area contributed by atoms with Crippen LogP contribution in [0, 0.1) is 0 Å². The molecule has 0 aliphatic heterocycles. The zero-order valence-corrected chi connectivity index (χ0v) is 12.4. The first-order valence-corrected chi connectivity index (χ1v) is 7.88. The molecule has 0 bridgehead atoms. The fraction of sp³-hybridized carbons (Fsp3) is 0.529. The molecule has 114 valence electrons. The van der Waals surface area contributed by atoms with E-state index in [2.05, 4.69) is 22.8 Å². The fourth-order valence-corrected chi connectivity index (χ4v) is 2.70. The molecule has 0 heterocycles. The molecule has 1 fully saturated rings. The molecule has 0 radical (unpaired) electrons. The van der Waals surface area contributed by atoms with E-state index in [1.807, 2.05) is 18.2 Å². The van der Waals surface area contributed by atoms with Gasteiger partial charge in [0.2, 0.25) is 0 Å². The van der Waals surface area contributed by atoms with Crippen molar-refractivity contribution in [2.45, 2.75) is 51.0 Å². The summed E-state index contributed by atoms with van der Waals surface area (Å²) in [5.41, 5.74) is 1.31. The average Bonchev–Trinajstić information content (AvgIpc) is 3.00. The summed E-state index contributed by atoms with van der Waals surface area (Å²) in [5, 5.41) is 5.49. The van der Waals surface area contributed by atoms with Crippen molar-refractivity contribution in [2.75, 3.05) is 6.54 Å². The zero-order valence-electron chi connectivity index (χ0n) is 12.4. The predicted molar refractivity (Wildman–Crippen MR) is 82.8 cm³/mol. The van der Waals surface area contributed by atoms with Crippen molar-refractivity contribution >= 4 is 11.8 Å². The van der Waals surface area contributed by atoms with Gasteiger partial charge in [0.25, 0.3) is 0 Å². The van der Waals surface area contributed by atoms with Gasteiger partial charge in [0.1, 0.15) is 0 Å². The van der Waals surface area contributed by atoms with Crippen molar-refractivity contribution in [3.63, 3.8) is 0 Å². The van der Waals surface area contributed by atoms with Gasteiger partial charge in [-0.05, 0) is 37.7 Å². The van der Waals surface area contributed by atoms with E-state index in [1.165, 1.54) is 5.56 Å². The lowest BCUT2D eigenvalue weighted by Gasteiger charge is -2.11. The van der Waals surface area contributed by atoms with E-state index in [9.17, 15) is 9.59 Å². The van der Waals surface area contributed by atoms with E-state index in [4.69, 9.17) is 0 Å². The van der Waals surface area contributed by atoms with Gasteiger partial charge in [0, 0.05) is 12.6 Å². The second-order valence-electron chi connectivity index (χ2n) is 5.65. The summed E-state index contributed by atoms with van der Waals surface area (Å²) in [6, 6.07) is 10.5. The number of carbonyl (C=O) groups excluding carboxylic acids is 2. The van der Waals surface area contributed by atoms with Gasteiger partial charge in [0.15, 0.2) is 0 Å². The monoisotopic (exact) mass is 288 g/mol. The summed E-state index contributed by atoms with van der Waals surface area (Å²) in [5.74, 6) is -0.980. The normalized spacial score (nSPS) is 14.9. The van der Waals surface area contributed by atoms with Crippen LogP contribution < -0.4 is 10.6 Å². The highest BCUT2D eigenvalue weighted by atomic mass is 16.2. The smallest absolute Gasteiger partial charge is 0.309 e. The van der Waals surface area contributed by atoms with Gasteiger partial charge in [0.05, 0.1) is 0 Å². The van der Waals surface area contributed by atoms with E-state index in [0.29, 0.717) is 6.54 Å². The predicted octanol–water partition coefficient (Wildman–Crippen LogP) is 2.18. The number of hydrogen-bond acceptors (Lipinski definition) is 2. The van der Waals surface area contributed by atoms with E-state index < -0.39 is 11.8 Å². The van der Waals surface area contributed by atoms with Crippen LogP contribution in [0.5, 0.6) is 0 Å². The molecule has 0 spiro atoms. The van der Waals surface area contributed by atoms with Crippen molar-refractivity contribution < 1.29 is 9.59 Å². The maximum atomic E-state index is 11.7. The van der Waals surface area contributed by atoms with Crippen LogP contribution in [-0.2, 0) is 16.0 Å². The number of carbonyl (C=O) groups is 2. The zero-order chi connectivity index (χ0) is 14.9. The quantitative estimate of drug-likeness (QED) is 0.622. The maximum absolute atomic E-state index is 11.7. The second kappa shape index (κ2) is 8.45. The first kappa shape index (κ1) is 15.5. The Balaban J connectivity index is 1.55. The van der Waals surface area contributed by atoms with Crippen molar-refractivity contribution in [1.82, 2.24) is 10.6 Å². The summed E-state index contributed by atoms with van der Waals surface area (Å²) in [7, 11) is 0. The molecule has 0 atom stereocenters. The topological polar surface area (TPSA) is 58.2 Å². The lowest BCUT2D eigenvalue weighted by atomic mass is 10.1. The summed E-state index contributed by atoms with van der Waals surface area (Å²) in [4.78, 5) is 23.3. The van der Waals surface area contributed by atoms with Gasteiger partial charge < -0.3 is 10.6 Å². The van der Waals surface area contributed by atoms with Crippen LogP contribution in [0.1, 0.15) is 44.1 Å². The third kappa shape index (κ3) is 5.58. The minimum Gasteiger partial charge on any atom is -0.348 e. The average molecular weight is 288 g/mol. The SMILES string of the molecule is O=C(NCCCCc1ccccc1)C(=O)NC1CCCC1. The Hall–Kier alpha value is -1.84. The molecule has 0 saturated heterocycles. The van der Waals surface area contributed by atoms with E-state index in [-0.39, 0.29) is 6.04 Å². The Labute approximate surface area is 126 Å². The van der Waals surface area contributed by atoms with Crippen LogP contribution >= 0.6 is 0 Å². The molecule has 4 nitrogen and oxygen atoms in total. The Bertz CT molecular complexity index is 453. The minimum absolute atomic E-state index is 0.196. The first-order valence-electron chi connectivity index (χ1n) is 7.88. The van der Waals surface area contributed by atoms with Crippen molar-refractivity contribution in [3.8, 4) is 0 Å². The molecule has 4 heteroatoms. The molecular formula is C17H24N2O2. The van der Waals surface area contributed by atoms with Crippen molar-refractivity contribution in [3.05, 3.63) is 35.9 Å². The summed E-state index contributed by atoms with van der Waals surface area (Å²) in [6.45, 7) is 0.559. The minimum atomic E-state index is -0.499. The highest BCUT2D eigenvalue weighted by Gasteiger charge is 2.20. The van der Waals surface area contributed by atoms with Crippen molar-refractivity contribution in [1.29, 1.82) is 0 Å². The molecule has 2 amide bonds. The highest BCUT2D eigenvalue weighted by molar-refractivity contribution is 6.35. The Morgan fingerprint density at radius 1 is 1.00 bits per heavy atom. The molecule has 0 aromatic heterocycles. The maximum Gasteiger partial charge on any atom is 0.309 e. The molecule has 2 rings (SSSR count). The van der Waals surface area contributed by atoms with Crippen LogP contribution in [0.4, 0.5) is 0 Å². The van der Waals surface area contributed by atoms with Crippen LogP contribution in [0.2, 0.25) is 0 Å². The number of unbranched alkanes of at least 4 members (excludes halogenated alkanes) is 1. The summed E-state index contributed by atoms with van der Waals surface area (Å²) >= 11 is 0. The van der Waals surface area contributed by atoms with Crippen LogP contribution in [-0.4, -0.2) is 24.4 Å². The molecule has 1 aromatic carbocycles. The van der Waals surface area contributed by atoms with Gasteiger partial charge in [-0.3, -0.25) is 9.59 Å². The molecule has 1 aromatic rings. The standard InChI is InChI=1S/C17H24N2O2/c20-16(17(21)19-15-11-4-5-12-15)18-13-7-6-10-14-8-2-1-3-9-14/h1-3,8-9,15H,4-7,10-13H2,(H,18,20)(H,19,21). The van der Waals surface area contributed by atoms with Crippen LogP contribution in [0.3, 0.4) is 0 Å². The lowest BCUT2D eigenvalue weighted by molar-refractivity contribution is -0.139. The number of amides is 2. The van der Waals surface area contributed by atoms with Gasteiger partial charge in [-0.2, -0.15) is 0 Å². The number of nitrogens with one attached hydrogen (secondary N) is 2. The number of rotatable bonds is 6. The molecular weight excluding hydrogens is 264 g/mol. The number of hydrogen-bond donors (Lipinski definition) is 2. The first-order chi connectivity index (χ1) is 10.3. The van der Waals surface area contributed by atoms with Gasteiger partial charge >= 0.3 is 11.8 Å². The van der Waals surface area contributed by atoms with Crippen molar-refractivity contribution in [2.24, 2.45) is 0 Å². The fourth-order valence-electron chi connectivity index (χ4n) is 2.70. The Morgan fingerprint density at radius 2 is 1.71 bits per heavy atom. The van der Waals surface area contributed by atoms with Crippen LogP contribution in [0.15, 0.2) is 30.3 Å². The van der Waals surface area contributed by atoms with Crippen LogP contribution in [0.25, 0.3) is 0 Å². The van der Waals surface area contributed by atoms with E-state index in [1.54, 1.807) is 0 Å². The number of aryl methyl sites for hydroxylation is 1. The highest BCUT2D eigenvalue weighted by Crippen LogP contribution is 2.17. The lowest BCUT2D eigenvalue weighted by Crippen LogP contribution is -2.43. The molecule has 1 aliphatic rings. The number of benzene rings is 1. The molecule has 21 heavy (non-hydrogen) atoms. The van der Waals surface area contributed by atoms with Gasteiger partial charge in [-0.1, -0.05) is 43.2 Å². The largest absolute Gasteiger partial charge is 0.348 e. The Kier molecular flexibility index (Phi) is 6.25.